The van der Waals surface area contributed by atoms with Crippen molar-refractivity contribution in [3.63, 3.8) is 0 Å². The lowest BCUT2D eigenvalue weighted by molar-refractivity contribution is -0.144. The summed E-state index contributed by atoms with van der Waals surface area (Å²) in [7, 11) is 0. The van der Waals surface area contributed by atoms with E-state index in [9.17, 15) is 49.5 Å². The zero-order chi connectivity index (χ0) is 39.7. The second-order valence-electron chi connectivity index (χ2n) is 12.6. The van der Waals surface area contributed by atoms with Crippen LogP contribution in [-0.2, 0) is 49.9 Å². The quantitative estimate of drug-likeness (QED) is 0.0925. The lowest BCUT2D eigenvalue weighted by atomic mass is 9.92. The first kappa shape index (κ1) is 40.9. The van der Waals surface area contributed by atoms with Crippen LogP contribution in [0.25, 0.3) is 0 Å². The lowest BCUT2D eigenvalue weighted by Crippen LogP contribution is -2.34. The first-order valence-corrected chi connectivity index (χ1v) is 17.0. The van der Waals surface area contributed by atoms with E-state index in [2.05, 4.69) is 33.6 Å². The van der Waals surface area contributed by atoms with Crippen LogP contribution in [0.4, 0.5) is 0 Å². The van der Waals surface area contributed by atoms with E-state index in [1.165, 1.54) is 9.80 Å². The van der Waals surface area contributed by atoms with Crippen LogP contribution < -0.4 is 0 Å². The maximum absolute atomic E-state index is 12.2. The Hall–Kier alpha value is -6.87. The number of carboxylic acids is 5. The molecule has 0 saturated heterocycles. The highest BCUT2D eigenvalue weighted by molar-refractivity contribution is 5.73. The highest BCUT2D eigenvalue weighted by Crippen LogP contribution is 2.21. The third-order valence-corrected chi connectivity index (χ3v) is 7.78. The molecule has 0 bridgehead atoms. The van der Waals surface area contributed by atoms with Gasteiger partial charge in [0, 0.05) is 53.2 Å². The standard InChI is InChI=1S/C41H38N4O10/c46-37(47)21-32(19-33-15-30(13-11-28-7-3-1-4-8-28)17-35(42-33)22-44(24-38(48)49)25-39(50)51)20-34-16-31(14-12-29-9-5-2-6-10-29)18-36(43-34)23-45(26-40(52)53)27-41(54)55/h1-10,15-18,32H,19-27H2,(H,46,47)(H,48,49)(H,50,51)(H,52,53)(H,54,55). The van der Waals surface area contributed by atoms with Crippen LogP contribution in [0.3, 0.4) is 0 Å². The molecule has 0 aliphatic rings. The summed E-state index contributed by atoms with van der Waals surface area (Å²) in [5.74, 6) is 5.69. The molecule has 0 aliphatic heterocycles. The van der Waals surface area contributed by atoms with E-state index < -0.39 is 61.9 Å². The van der Waals surface area contributed by atoms with Crippen molar-refractivity contribution in [1.29, 1.82) is 0 Å². The number of carbonyl (C=O) groups is 5. The Morgan fingerprint density at radius 2 is 0.800 bits per heavy atom. The number of carboxylic acid groups (broad SMARTS) is 5. The van der Waals surface area contributed by atoms with Gasteiger partial charge in [0.15, 0.2) is 0 Å². The van der Waals surface area contributed by atoms with Gasteiger partial charge in [-0.2, -0.15) is 0 Å². The molecular formula is C41H38N4O10. The van der Waals surface area contributed by atoms with E-state index in [1.807, 2.05) is 60.7 Å². The summed E-state index contributed by atoms with van der Waals surface area (Å²) >= 11 is 0. The largest absolute Gasteiger partial charge is 0.481 e. The molecule has 0 aliphatic carbocycles. The minimum Gasteiger partial charge on any atom is -0.481 e. The fourth-order valence-corrected chi connectivity index (χ4v) is 5.76. The van der Waals surface area contributed by atoms with Gasteiger partial charge in [-0.15, -0.1) is 0 Å². The van der Waals surface area contributed by atoms with E-state index in [0.29, 0.717) is 33.9 Å². The smallest absolute Gasteiger partial charge is 0.317 e. The van der Waals surface area contributed by atoms with E-state index in [4.69, 9.17) is 0 Å². The second kappa shape index (κ2) is 20.4. The van der Waals surface area contributed by atoms with Crippen LogP contribution in [-0.4, -0.2) is 101 Å². The van der Waals surface area contributed by atoms with Crippen molar-refractivity contribution in [2.24, 2.45) is 5.92 Å². The van der Waals surface area contributed by atoms with E-state index >= 15 is 0 Å². The number of rotatable bonds is 18. The van der Waals surface area contributed by atoms with Crippen LogP contribution >= 0.6 is 0 Å². The number of aromatic nitrogens is 2. The van der Waals surface area contributed by atoms with Crippen molar-refractivity contribution in [2.45, 2.75) is 32.4 Å². The number of hydrogen-bond donors (Lipinski definition) is 5. The molecule has 2 aromatic carbocycles. The average molecular weight is 747 g/mol. The Bertz CT molecular complexity index is 1960. The fourth-order valence-electron chi connectivity index (χ4n) is 5.76. The minimum atomic E-state index is -1.22. The molecule has 0 saturated carbocycles. The van der Waals surface area contributed by atoms with Gasteiger partial charge in [-0.3, -0.25) is 43.7 Å². The second-order valence-corrected chi connectivity index (χ2v) is 12.6. The zero-order valence-electron chi connectivity index (χ0n) is 29.6. The molecule has 0 amide bonds. The van der Waals surface area contributed by atoms with Crippen molar-refractivity contribution in [2.75, 3.05) is 26.2 Å². The number of nitrogens with zero attached hydrogens (tertiary/aromatic N) is 4. The van der Waals surface area contributed by atoms with E-state index in [0.717, 1.165) is 11.1 Å². The van der Waals surface area contributed by atoms with Crippen molar-refractivity contribution < 1.29 is 49.5 Å². The van der Waals surface area contributed by atoms with Gasteiger partial charge < -0.3 is 25.5 Å². The Balaban J connectivity index is 1.73. The summed E-state index contributed by atoms with van der Waals surface area (Å²) in [4.78, 5) is 69.9. The molecule has 55 heavy (non-hydrogen) atoms. The predicted molar refractivity (Wildman–Crippen MR) is 198 cm³/mol. The summed E-state index contributed by atoms with van der Waals surface area (Å²) in [5.41, 5.74) is 3.99. The van der Waals surface area contributed by atoms with Crippen LogP contribution in [0, 0.1) is 29.6 Å². The van der Waals surface area contributed by atoms with Crippen LogP contribution in [0.2, 0.25) is 0 Å². The summed E-state index contributed by atoms with van der Waals surface area (Å²) in [6, 6.07) is 25.0. The van der Waals surface area contributed by atoms with Crippen molar-refractivity contribution in [3.05, 3.63) is 130 Å². The summed E-state index contributed by atoms with van der Waals surface area (Å²) in [6.45, 7) is -2.49. The third kappa shape index (κ3) is 15.3. The van der Waals surface area contributed by atoms with Gasteiger partial charge in [0.2, 0.25) is 0 Å². The fraction of sp³-hybridized carbons (Fsp3) is 0.244. The average Bonchev–Trinajstić information content (AvgIpc) is 3.09. The summed E-state index contributed by atoms with van der Waals surface area (Å²) < 4.78 is 0. The summed E-state index contributed by atoms with van der Waals surface area (Å²) in [6.07, 6.45) is -0.0829. The molecule has 14 heteroatoms. The Morgan fingerprint density at radius 3 is 1.13 bits per heavy atom. The van der Waals surface area contributed by atoms with Crippen molar-refractivity contribution in [3.8, 4) is 23.7 Å². The van der Waals surface area contributed by atoms with Crippen LogP contribution in [0.1, 0.15) is 51.5 Å². The number of hydrogen-bond acceptors (Lipinski definition) is 9. The maximum Gasteiger partial charge on any atom is 0.317 e. The zero-order valence-corrected chi connectivity index (χ0v) is 29.6. The van der Waals surface area contributed by atoms with Gasteiger partial charge in [-0.1, -0.05) is 60.1 Å². The Kier molecular flexibility index (Phi) is 15.2. The molecule has 282 valence electrons. The van der Waals surface area contributed by atoms with Gasteiger partial charge in [-0.25, -0.2) is 0 Å². The molecule has 2 aromatic heterocycles. The molecule has 14 nitrogen and oxygen atoms in total. The highest BCUT2D eigenvalue weighted by Gasteiger charge is 2.21. The SMILES string of the molecule is O=C(O)CC(Cc1cc(C#Cc2ccccc2)cc(CN(CC(=O)O)CC(=O)O)n1)Cc1cc(C#Cc2ccccc2)cc(CN(CC(=O)O)CC(=O)O)n1. The minimum absolute atomic E-state index is 0.110. The Morgan fingerprint density at radius 1 is 0.473 bits per heavy atom. The molecule has 4 rings (SSSR count). The lowest BCUT2D eigenvalue weighted by Gasteiger charge is -2.20. The molecule has 2 heterocycles. The van der Waals surface area contributed by atoms with Crippen LogP contribution in [0.5, 0.6) is 0 Å². The Labute approximate surface area is 316 Å². The van der Waals surface area contributed by atoms with Crippen LogP contribution in [0.15, 0.2) is 84.9 Å². The van der Waals surface area contributed by atoms with Gasteiger partial charge >= 0.3 is 29.8 Å². The predicted octanol–water partition coefficient (Wildman–Crippen LogP) is 3.09. The van der Waals surface area contributed by atoms with Gasteiger partial charge in [0.05, 0.1) is 37.6 Å². The highest BCUT2D eigenvalue weighted by atomic mass is 16.4. The maximum atomic E-state index is 12.2. The molecule has 0 radical (unpaired) electrons. The molecule has 0 fully saturated rings. The third-order valence-electron chi connectivity index (χ3n) is 7.78. The molecule has 5 N–H and O–H groups in total. The molecule has 4 aromatic rings. The van der Waals surface area contributed by atoms with E-state index in [-0.39, 0.29) is 32.4 Å². The number of pyridine rings is 2. The van der Waals surface area contributed by atoms with Crippen molar-refractivity contribution in [1.82, 2.24) is 19.8 Å². The van der Waals surface area contributed by atoms with Gasteiger partial charge in [-0.05, 0) is 67.3 Å². The monoisotopic (exact) mass is 746 g/mol. The van der Waals surface area contributed by atoms with Gasteiger partial charge in [0.1, 0.15) is 0 Å². The summed E-state index contributed by atoms with van der Waals surface area (Å²) in [5, 5.41) is 47.5. The van der Waals surface area contributed by atoms with E-state index in [1.54, 1.807) is 24.3 Å². The molecule has 0 spiro atoms. The number of aliphatic carboxylic acids is 5. The molecule has 0 unspecified atom stereocenters. The topological polar surface area (TPSA) is 219 Å². The first-order valence-electron chi connectivity index (χ1n) is 17.0. The molecule has 0 atom stereocenters. The molecular weight excluding hydrogens is 708 g/mol. The number of benzene rings is 2. The normalized spacial score (nSPS) is 10.7. The first-order chi connectivity index (χ1) is 26.3. The van der Waals surface area contributed by atoms with Gasteiger partial charge in [0.25, 0.3) is 0 Å². The van der Waals surface area contributed by atoms with Crippen molar-refractivity contribution >= 4 is 29.8 Å².